The van der Waals surface area contributed by atoms with Gasteiger partial charge in [0.05, 0.1) is 17.2 Å². The maximum atomic E-state index is 15.0. The van der Waals surface area contributed by atoms with Crippen molar-refractivity contribution in [3.05, 3.63) is 80.9 Å². The van der Waals surface area contributed by atoms with Crippen LogP contribution in [0.2, 0.25) is 0 Å². The maximum Gasteiger partial charge on any atom is 0.252 e. The fraction of sp³-hybridized carbons (Fsp3) is 0.459. The molecule has 1 saturated carbocycles. The second-order valence-electron chi connectivity index (χ2n) is 13.9. The van der Waals surface area contributed by atoms with Crippen LogP contribution in [0.4, 0.5) is 5.69 Å². The number of carbonyl (C=O) groups is 2. The van der Waals surface area contributed by atoms with Gasteiger partial charge >= 0.3 is 0 Å². The van der Waals surface area contributed by atoms with Gasteiger partial charge in [0.2, 0.25) is 0 Å². The Kier molecular flexibility index (Phi) is 10.5. The van der Waals surface area contributed by atoms with Crippen molar-refractivity contribution < 1.29 is 24.5 Å². The number of nitrogens with one attached hydrogen (secondary N) is 2. The molecular weight excluding hydrogens is 622 g/mol. The van der Waals surface area contributed by atoms with E-state index < -0.39 is 17.9 Å². The van der Waals surface area contributed by atoms with E-state index >= 15 is 4.79 Å². The number of hydrogen-bond donors (Lipinski definition) is 7. The van der Waals surface area contributed by atoms with Gasteiger partial charge in [0.15, 0.2) is 5.78 Å². The van der Waals surface area contributed by atoms with E-state index in [0.717, 1.165) is 48.5 Å². The minimum atomic E-state index is -0.750. The van der Waals surface area contributed by atoms with Gasteiger partial charge in [-0.3, -0.25) is 14.5 Å². The van der Waals surface area contributed by atoms with Crippen LogP contribution in [0.5, 0.6) is 5.75 Å². The summed E-state index contributed by atoms with van der Waals surface area (Å²) in [5, 5.41) is 37.8. The number of hydrogen-bond acceptors (Lipinski definition) is 11. The number of Topliss-reactive ketones (excluding diaryl/α,β-unsaturated/α-hetero) is 1. The standard InChI is InChI=1S/C37H49N7O5/c1-19-29-22(15-28(45)30(19)37(42)48)12-21-13-26-27(43(2)3)14-23(16-44(17-24(40)8-10-38)18-25(41)9-11-39)34(46)32(26)35(47)31(21)33(29)36(49-4)20-6-5-7-20/h8-11,14,20-22,29,36,38-39,45-46H,1,5-7,12-13,15-18,40-41H2,2-4H3,(H2,42,48)/b24-8-,25-9-,38-10?,39-11?. The molecule has 10 N–H and O–H groups in total. The van der Waals surface area contributed by atoms with Crippen molar-refractivity contribution in [2.45, 2.75) is 51.2 Å². The van der Waals surface area contributed by atoms with Crippen molar-refractivity contribution in [3.63, 3.8) is 0 Å². The zero-order valence-corrected chi connectivity index (χ0v) is 28.6. The summed E-state index contributed by atoms with van der Waals surface area (Å²) in [5.74, 6) is -1.72. The monoisotopic (exact) mass is 671 g/mol. The Labute approximate surface area is 287 Å². The molecule has 0 bridgehead atoms. The summed E-state index contributed by atoms with van der Waals surface area (Å²) in [6.45, 7) is 4.90. The van der Waals surface area contributed by atoms with E-state index in [1.807, 2.05) is 30.0 Å². The van der Waals surface area contributed by atoms with Crippen molar-refractivity contribution in [1.29, 1.82) is 10.8 Å². The zero-order valence-electron chi connectivity index (χ0n) is 28.6. The number of phenols is 1. The van der Waals surface area contributed by atoms with Crippen molar-refractivity contribution >= 4 is 29.8 Å². The van der Waals surface area contributed by atoms with E-state index in [1.54, 1.807) is 7.11 Å². The molecule has 0 saturated heterocycles. The first-order chi connectivity index (χ1) is 23.3. The van der Waals surface area contributed by atoms with Crippen LogP contribution in [0.1, 0.15) is 53.6 Å². The van der Waals surface area contributed by atoms with Gasteiger partial charge in [0, 0.05) is 93.8 Å². The Bertz CT molecular complexity index is 1670. The number of primary amides is 1. The van der Waals surface area contributed by atoms with E-state index in [9.17, 15) is 15.0 Å². The first-order valence-electron chi connectivity index (χ1n) is 16.7. The van der Waals surface area contributed by atoms with E-state index in [0.29, 0.717) is 40.9 Å². The smallest absolute Gasteiger partial charge is 0.252 e. The number of ketones is 1. The minimum absolute atomic E-state index is 0.0257. The molecule has 1 fully saturated rings. The van der Waals surface area contributed by atoms with Gasteiger partial charge in [-0.1, -0.05) is 13.0 Å². The number of anilines is 1. The number of aromatic hydroxyl groups is 1. The minimum Gasteiger partial charge on any atom is -0.511 e. The maximum absolute atomic E-state index is 15.0. The molecule has 1 aromatic carbocycles. The van der Waals surface area contributed by atoms with Gasteiger partial charge in [-0.05, 0) is 78.4 Å². The number of carbonyl (C=O) groups excluding carboxylic acids is 2. The Balaban J connectivity index is 1.69. The third-order valence-electron chi connectivity index (χ3n) is 10.6. The molecule has 4 unspecified atom stereocenters. The van der Waals surface area contributed by atoms with Gasteiger partial charge in [-0.2, -0.15) is 0 Å². The first kappa shape index (κ1) is 35.6. The Morgan fingerprint density at radius 3 is 2.24 bits per heavy atom. The molecule has 4 aliphatic carbocycles. The largest absolute Gasteiger partial charge is 0.511 e. The molecule has 0 aromatic heterocycles. The molecule has 0 spiro atoms. The number of benzene rings is 1. The van der Waals surface area contributed by atoms with Crippen LogP contribution in [0, 0.1) is 34.5 Å². The topological polar surface area (TPSA) is 216 Å². The van der Waals surface area contributed by atoms with Crippen LogP contribution in [0.15, 0.2) is 64.2 Å². The summed E-state index contributed by atoms with van der Waals surface area (Å²) in [5.41, 5.74) is 23.1. The predicted molar refractivity (Wildman–Crippen MR) is 191 cm³/mol. The molecule has 4 atom stereocenters. The van der Waals surface area contributed by atoms with Gasteiger partial charge in [-0.25, -0.2) is 0 Å². The summed E-state index contributed by atoms with van der Waals surface area (Å²) in [7, 11) is 5.45. The van der Waals surface area contributed by atoms with Gasteiger partial charge < -0.3 is 47.9 Å². The van der Waals surface area contributed by atoms with Crippen LogP contribution in [-0.4, -0.2) is 79.6 Å². The van der Waals surface area contributed by atoms with Crippen molar-refractivity contribution in [2.75, 3.05) is 39.2 Å². The Hall–Kier alpha value is -4.68. The van der Waals surface area contributed by atoms with E-state index in [-0.39, 0.29) is 72.2 Å². The number of phenolic OH excluding ortho intramolecular Hbond substituents is 1. The molecule has 1 aromatic rings. The van der Waals surface area contributed by atoms with Crippen LogP contribution >= 0.6 is 0 Å². The van der Waals surface area contributed by atoms with Crippen LogP contribution < -0.4 is 22.1 Å². The lowest BCUT2D eigenvalue weighted by Crippen LogP contribution is -2.45. The number of nitrogens with zero attached hydrogens (tertiary/aromatic N) is 2. The van der Waals surface area contributed by atoms with Crippen molar-refractivity contribution in [3.8, 4) is 5.75 Å². The van der Waals surface area contributed by atoms with E-state index in [2.05, 4.69) is 6.58 Å². The normalized spacial score (nSPS) is 23.5. The third-order valence-corrected chi connectivity index (χ3v) is 10.6. The number of allylic oxidation sites excluding steroid dienone is 4. The summed E-state index contributed by atoms with van der Waals surface area (Å²) >= 11 is 0. The number of nitrogens with two attached hydrogens (primary N) is 3. The first-order valence-corrected chi connectivity index (χ1v) is 16.7. The lowest BCUT2D eigenvalue weighted by Gasteiger charge is -2.48. The van der Waals surface area contributed by atoms with Gasteiger partial charge in [-0.15, -0.1) is 0 Å². The van der Waals surface area contributed by atoms with Crippen molar-refractivity contribution in [2.24, 2.45) is 40.9 Å². The number of aliphatic hydroxyl groups excluding tert-OH is 1. The molecule has 4 aliphatic rings. The number of fused-ring (bicyclic) bond motifs is 3. The molecule has 0 heterocycles. The molecule has 12 nitrogen and oxygen atoms in total. The SMILES string of the molecule is C=C1C(C(N)=O)=C(O)CC2CC3Cc4c(N(C)C)cc(CN(C/C(N)=C/C=N)C/C(N)=C/C=N)c(O)c4C(=O)C3=C(C(OC)C3CCC3)C12. The average Bonchev–Trinajstić information content (AvgIpc) is 2.99. The number of aliphatic hydroxyl groups is 1. The lowest BCUT2D eigenvalue weighted by molar-refractivity contribution is -0.114. The second kappa shape index (κ2) is 14.4. The Morgan fingerprint density at radius 1 is 1.10 bits per heavy atom. The fourth-order valence-corrected chi connectivity index (χ4v) is 8.44. The average molecular weight is 672 g/mol. The second-order valence-corrected chi connectivity index (χ2v) is 13.9. The molecule has 0 aliphatic heterocycles. The van der Waals surface area contributed by atoms with Crippen LogP contribution in [0.25, 0.3) is 0 Å². The highest BCUT2D eigenvalue weighted by atomic mass is 16.5. The predicted octanol–water partition coefficient (Wildman–Crippen LogP) is 3.60. The third kappa shape index (κ3) is 6.67. The summed E-state index contributed by atoms with van der Waals surface area (Å²) < 4.78 is 6.19. The molecule has 262 valence electrons. The number of ether oxygens (including phenoxy) is 1. The van der Waals surface area contributed by atoms with Gasteiger partial charge in [0.25, 0.3) is 5.91 Å². The fourth-order valence-electron chi connectivity index (χ4n) is 8.44. The Morgan fingerprint density at radius 2 is 1.73 bits per heavy atom. The van der Waals surface area contributed by atoms with Crippen LogP contribution in [-0.2, 0) is 22.5 Å². The van der Waals surface area contributed by atoms with Crippen LogP contribution in [0.3, 0.4) is 0 Å². The number of amides is 1. The highest BCUT2D eigenvalue weighted by Gasteiger charge is 2.51. The lowest BCUT2D eigenvalue weighted by atomic mass is 9.56. The molecule has 5 rings (SSSR count). The molecule has 12 heteroatoms. The highest BCUT2D eigenvalue weighted by molar-refractivity contribution is 6.15. The summed E-state index contributed by atoms with van der Waals surface area (Å²) in [4.78, 5) is 31.4. The molecule has 1 amide bonds. The molecule has 49 heavy (non-hydrogen) atoms. The molecular formula is C37H49N7O5. The summed E-state index contributed by atoms with van der Waals surface area (Å²) in [6, 6.07) is 1.89. The molecule has 0 radical (unpaired) electrons. The number of methoxy groups -OCH3 is 1. The van der Waals surface area contributed by atoms with E-state index in [4.69, 9.17) is 32.8 Å². The van der Waals surface area contributed by atoms with Crippen molar-refractivity contribution in [1.82, 2.24) is 4.90 Å². The quantitative estimate of drug-likeness (QED) is 0.152. The highest BCUT2D eigenvalue weighted by Crippen LogP contribution is 2.56. The zero-order chi connectivity index (χ0) is 35.7. The van der Waals surface area contributed by atoms with Gasteiger partial charge in [0.1, 0.15) is 11.5 Å². The van der Waals surface area contributed by atoms with E-state index in [1.165, 1.54) is 12.2 Å². The summed E-state index contributed by atoms with van der Waals surface area (Å²) in [6.07, 6.45) is 9.04. The number of rotatable bonds is 13.